The van der Waals surface area contributed by atoms with E-state index in [0.717, 1.165) is 27.8 Å². The first-order chi connectivity index (χ1) is 24.0. The van der Waals surface area contributed by atoms with Crippen molar-refractivity contribution in [3.05, 3.63) is 191 Å². The number of nitrogens with one attached hydrogen (secondary N) is 1. The normalized spacial score (nSPS) is 12.2. The highest BCUT2D eigenvalue weighted by molar-refractivity contribution is 7.14. The first-order valence-corrected chi connectivity index (χ1v) is 16.5. The summed E-state index contributed by atoms with van der Waals surface area (Å²) < 4.78 is 5.86. The molecule has 1 aromatic heterocycles. The van der Waals surface area contributed by atoms with E-state index in [2.05, 4.69) is 15.5 Å². The summed E-state index contributed by atoms with van der Waals surface area (Å²) in [7, 11) is 0. The summed E-state index contributed by atoms with van der Waals surface area (Å²) in [6.45, 7) is 1.46. The molecule has 5 aromatic carbocycles. The van der Waals surface area contributed by atoms with Crippen LogP contribution >= 0.6 is 11.3 Å². The number of hydrogen-bond donors (Lipinski definition) is 2. The molecule has 0 bridgehead atoms. The van der Waals surface area contributed by atoms with Crippen molar-refractivity contribution in [2.75, 3.05) is 5.32 Å². The fourth-order valence-corrected chi connectivity index (χ4v) is 6.30. The highest BCUT2D eigenvalue weighted by Crippen LogP contribution is 2.40. The van der Waals surface area contributed by atoms with Gasteiger partial charge in [0.25, 0.3) is 0 Å². The van der Waals surface area contributed by atoms with Crippen LogP contribution in [0, 0.1) is 0 Å². The van der Waals surface area contributed by atoms with E-state index in [0.29, 0.717) is 5.13 Å². The summed E-state index contributed by atoms with van der Waals surface area (Å²) in [5.74, 6) is -2.06. The van der Waals surface area contributed by atoms with Gasteiger partial charge in [0.2, 0.25) is 11.8 Å². The molecule has 0 spiro atoms. The van der Waals surface area contributed by atoms with E-state index in [9.17, 15) is 14.7 Å². The topological polar surface area (TPSA) is 110 Å². The van der Waals surface area contributed by atoms with Gasteiger partial charge in [0.15, 0.2) is 11.2 Å². The number of anilines is 1. The predicted octanol–water partition coefficient (Wildman–Crippen LogP) is 8.07. The minimum Gasteiger partial charge on any atom is -0.476 e. The highest BCUT2D eigenvalue weighted by Gasteiger charge is 2.37. The van der Waals surface area contributed by atoms with Crippen molar-refractivity contribution in [2.24, 2.45) is 5.16 Å². The van der Waals surface area contributed by atoms with Crippen molar-refractivity contribution < 1.29 is 24.3 Å². The van der Waals surface area contributed by atoms with Gasteiger partial charge in [0, 0.05) is 5.38 Å². The number of carboxylic acid groups (broad SMARTS) is 1. The molecular weight excluding hydrogens is 635 g/mol. The summed E-state index contributed by atoms with van der Waals surface area (Å²) in [4.78, 5) is 35.7. The molecule has 8 nitrogen and oxygen atoms in total. The Labute approximate surface area is 288 Å². The van der Waals surface area contributed by atoms with E-state index in [4.69, 9.17) is 9.57 Å². The highest BCUT2D eigenvalue weighted by atomic mass is 32.1. The number of oxime groups is 1. The first kappa shape index (κ1) is 32.9. The summed E-state index contributed by atoms with van der Waals surface area (Å²) in [5, 5.41) is 19.7. The first-order valence-electron chi connectivity index (χ1n) is 15.6. The molecule has 1 unspecified atom stereocenters. The van der Waals surface area contributed by atoms with E-state index in [1.165, 1.54) is 18.3 Å². The Morgan fingerprint density at radius 2 is 1.14 bits per heavy atom. The van der Waals surface area contributed by atoms with Crippen molar-refractivity contribution in [1.82, 2.24) is 4.98 Å². The van der Waals surface area contributed by atoms with Crippen molar-refractivity contribution in [2.45, 2.75) is 24.7 Å². The molecule has 6 aromatic rings. The van der Waals surface area contributed by atoms with Crippen LogP contribution in [-0.2, 0) is 24.7 Å². The quantitative estimate of drug-likeness (QED) is 0.0555. The largest absolute Gasteiger partial charge is 0.476 e. The maximum absolute atomic E-state index is 13.2. The van der Waals surface area contributed by atoms with E-state index in [-0.39, 0.29) is 5.69 Å². The van der Waals surface area contributed by atoms with Crippen LogP contribution < -0.4 is 5.32 Å². The van der Waals surface area contributed by atoms with Crippen molar-refractivity contribution in [1.29, 1.82) is 0 Å². The number of carbonyl (C=O) groups excluding carboxylic acids is 1. The zero-order valence-corrected chi connectivity index (χ0v) is 27.4. The minimum absolute atomic E-state index is 0.0788. The maximum Gasteiger partial charge on any atom is 0.360 e. The lowest BCUT2D eigenvalue weighted by Gasteiger charge is -2.36. The molecule has 0 aliphatic rings. The summed E-state index contributed by atoms with van der Waals surface area (Å²) in [6, 6.07) is 48.7. The number of aromatic nitrogens is 1. The molecule has 1 heterocycles. The van der Waals surface area contributed by atoms with Gasteiger partial charge in [-0.2, -0.15) is 0 Å². The molecule has 0 aliphatic heterocycles. The molecule has 49 heavy (non-hydrogen) atoms. The third kappa shape index (κ3) is 7.42. The molecule has 6 rings (SSSR count). The lowest BCUT2D eigenvalue weighted by Crippen LogP contribution is -2.38. The van der Waals surface area contributed by atoms with Gasteiger partial charge in [-0.05, 0) is 34.7 Å². The Kier molecular flexibility index (Phi) is 10.2. The van der Waals surface area contributed by atoms with E-state index >= 15 is 0 Å². The van der Waals surface area contributed by atoms with Crippen molar-refractivity contribution >= 4 is 34.1 Å². The molecule has 1 atom stereocenters. The average Bonchev–Trinajstić information content (AvgIpc) is 3.62. The maximum atomic E-state index is 13.2. The Hall–Kier alpha value is -6.06. The standard InChI is InChI=1S/C40H33N3O5S/c1-28(38(46)47-36(29-17-7-2-8-18-29)30-19-9-3-10-20-30)48-43-35(37(44)45)34-27-49-39(41-34)42-40(31-21-11-4-12-22-31,32-23-13-5-14-24-32)33-25-15-6-16-26-33/h2-28,36H,1H3,(H,41,42)(H,44,45)/b43-35+. The molecule has 0 aliphatic carbocycles. The second-order valence-electron chi connectivity index (χ2n) is 11.1. The van der Waals surface area contributed by atoms with Gasteiger partial charge in [0.1, 0.15) is 11.2 Å². The van der Waals surface area contributed by atoms with E-state index < -0.39 is 35.4 Å². The fraction of sp³-hybridized carbons (Fsp3) is 0.100. The molecule has 244 valence electrons. The van der Waals surface area contributed by atoms with Gasteiger partial charge in [-0.25, -0.2) is 14.6 Å². The second kappa shape index (κ2) is 15.2. The molecule has 2 N–H and O–H groups in total. The number of esters is 1. The summed E-state index contributed by atoms with van der Waals surface area (Å²) >= 11 is 1.24. The number of benzene rings is 5. The SMILES string of the molecule is CC(O/N=C(/C(=O)O)c1csc(NC(c2ccccc2)(c2ccccc2)c2ccccc2)n1)C(=O)OC(c1ccccc1)c1ccccc1. The number of aliphatic carboxylic acids is 1. The Bertz CT molecular complexity index is 1870. The number of carboxylic acids is 1. The molecule has 0 fully saturated rings. The number of ether oxygens (including phenoxy) is 1. The van der Waals surface area contributed by atoms with Crippen LogP contribution in [0.2, 0.25) is 0 Å². The van der Waals surface area contributed by atoms with Crippen LogP contribution in [0.15, 0.2) is 162 Å². The van der Waals surface area contributed by atoms with E-state index in [1.54, 1.807) is 5.38 Å². The Balaban J connectivity index is 1.27. The molecule has 9 heteroatoms. The van der Waals surface area contributed by atoms with Gasteiger partial charge in [-0.3, -0.25) is 0 Å². The zero-order valence-electron chi connectivity index (χ0n) is 26.5. The Morgan fingerprint density at radius 1 is 0.714 bits per heavy atom. The zero-order chi connectivity index (χ0) is 34.1. The van der Waals surface area contributed by atoms with Gasteiger partial charge in [0.05, 0.1) is 0 Å². The third-order valence-electron chi connectivity index (χ3n) is 7.94. The lowest BCUT2D eigenvalue weighted by molar-refractivity contribution is -0.160. The van der Waals surface area contributed by atoms with Crippen LogP contribution in [0.3, 0.4) is 0 Å². The van der Waals surface area contributed by atoms with Crippen molar-refractivity contribution in [3.8, 4) is 0 Å². The fourth-order valence-electron chi connectivity index (χ4n) is 5.55. The van der Waals surface area contributed by atoms with Crippen LogP contribution in [-0.4, -0.2) is 33.8 Å². The number of thiazole rings is 1. The van der Waals surface area contributed by atoms with Crippen LogP contribution in [0.1, 0.15) is 46.5 Å². The Morgan fingerprint density at radius 3 is 1.57 bits per heavy atom. The molecule has 0 radical (unpaired) electrons. The smallest absolute Gasteiger partial charge is 0.360 e. The molecule has 0 saturated carbocycles. The van der Waals surface area contributed by atoms with Gasteiger partial charge in [-0.1, -0.05) is 157 Å². The monoisotopic (exact) mass is 667 g/mol. The average molecular weight is 668 g/mol. The minimum atomic E-state index is -1.36. The van der Waals surface area contributed by atoms with Crippen LogP contribution in [0.4, 0.5) is 5.13 Å². The van der Waals surface area contributed by atoms with Gasteiger partial charge in [-0.15, -0.1) is 11.3 Å². The van der Waals surface area contributed by atoms with E-state index in [1.807, 2.05) is 152 Å². The molecular formula is C40H33N3O5S. The molecule has 0 amide bonds. The number of carbonyl (C=O) groups is 2. The number of rotatable bonds is 13. The molecule has 0 saturated heterocycles. The predicted molar refractivity (Wildman–Crippen MR) is 190 cm³/mol. The second-order valence-corrected chi connectivity index (χ2v) is 12.0. The number of nitrogens with zero attached hydrogens (tertiary/aromatic N) is 2. The van der Waals surface area contributed by atoms with Crippen LogP contribution in [0.5, 0.6) is 0 Å². The summed E-state index contributed by atoms with van der Waals surface area (Å²) in [5.41, 5.74) is 3.24. The lowest BCUT2D eigenvalue weighted by atomic mass is 9.77. The number of hydrogen-bond acceptors (Lipinski definition) is 8. The van der Waals surface area contributed by atoms with Gasteiger partial charge >= 0.3 is 11.9 Å². The van der Waals surface area contributed by atoms with Crippen LogP contribution in [0.25, 0.3) is 0 Å². The third-order valence-corrected chi connectivity index (χ3v) is 8.69. The summed E-state index contributed by atoms with van der Waals surface area (Å²) in [6.07, 6.45) is -1.89. The van der Waals surface area contributed by atoms with Crippen molar-refractivity contribution in [3.63, 3.8) is 0 Å². The van der Waals surface area contributed by atoms with Gasteiger partial charge < -0.3 is 20.0 Å².